The van der Waals surface area contributed by atoms with Crippen LogP contribution in [0.4, 0.5) is 0 Å². The van der Waals surface area contributed by atoms with E-state index in [0.29, 0.717) is 5.92 Å². The van der Waals surface area contributed by atoms with Crippen molar-refractivity contribution < 1.29 is 9.90 Å². The van der Waals surface area contributed by atoms with Gasteiger partial charge in [0.25, 0.3) is 0 Å². The smallest absolute Gasteiger partial charge is 0.225 e. The zero-order valence-electron chi connectivity index (χ0n) is 11.8. The molecule has 1 rings (SSSR count). The molecule has 0 bridgehead atoms. The van der Waals surface area contributed by atoms with Crippen LogP contribution in [0.15, 0.2) is 24.3 Å². The molecule has 3 nitrogen and oxygen atoms in total. The first-order valence-electron chi connectivity index (χ1n) is 6.40. The summed E-state index contributed by atoms with van der Waals surface area (Å²) < 4.78 is 0. The van der Waals surface area contributed by atoms with Crippen LogP contribution < -0.4 is 0 Å². The molecule has 0 aliphatic carbocycles. The maximum atomic E-state index is 12.2. The van der Waals surface area contributed by atoms with Crippen molar-refractivity contribution in [3.8, 4) is 5.75 Å². The SMILES string of the molecule is CC(C)C(C)C(=O)N(C)C(C)c1ccc(O)cc1. The lowest BCUT2D eigenvalue weighted by atomic mass is 9.95. The molecule has 1 N–H and O–H groups in total. The van der Waals surface area contributed by atoms with Crippen molar-refractivity contribution in [3.63, 3.8) is 0 Å². The van der Waals surface area contributed by atoms with Crippen molar-refractivity contribution in [1.82, 2.24) is 4.90 Å². The lowest BCUT2D eigenvalue weighted by Gasteiger charge is -2.29. The molecule has 0 radical (unpaired) electrons. The van der Waals surface area contributed by atoms with Gasteiger partial charge >= 0.3 is 0 Å². The van der Waals surface area contributed by atoms with Gasteiger partial charge in [0.2, 0.25) is 5.91 Å². The molecule has 0 heterocycles. The Morgan fingerprint density at radius 2 is 1.61 bits per heavy atom. The average Bonchev–Trinajstić information content (AvgIpc) is 2.36. The number of amides is 1. The summed E-state index contributed by atoms with van der Waals surface area (Å²) in [7, 11) is 1.83. The van der Waals surface area contributed by atoms with Crippen LogP contribution in [-0.2, 0) is 4.79 Å². The molecule has 2 unspecified atom stereocenters. The fourth-order valence-corrected chi connectivity index (χ4v) is 1.77. The van der Waals surface area contributed by atoms with E-state index in [1.807, 2.05) is 33.0 Å². The highest BCUT2D eigenvalue weighted by atomic mass is 16.3. The average molecular weight is 249 g/mol. The minimum atomic E-state index is 0.0132. The number of aromatic hydroxyl groups is 1. The predicted octanol–water partition coefficient (Wildman–Crippen LogP) is 3.20. The highest BCUT2D eigenvalue weighted by molar-refractivity contribution is 5.78. The van der Waals surface area contributed by atoms with E-state index in [-0.39, 0.29) is 23.6 Å². The van der Waals surface area contributed by atoms with Crippen LogP contribution in [0.2, 0.25) is 0 Å². The fraction of sp³-hybridized carbons (Fsp3) is 0.533. The second-order valence-electron chi connectivity index (χ2n) is 5.25. The third-order valence-corrected chi connectivity index (χ3v) is 3.69. The van der Waals surface area contributed by atoms with E-state index in [4.69, 9.17) is 0 Å². The van der Waals surface area contributed by atoms with Gasteiger partial charge in [-0.05, 0) is 30.5 Å². The van der Waals surface area contributed by atoms with Gasteiger partial charge in [0.15, 0.2) is 0 Å². The van der Waals surface area contributed by atoms with Crippen molar-refractivity contribution in [1.29, 1.82) is 0 Å². The molecule has 100 valence electrons. The molecule has 0 fully saturated rings. The van der Waals surface area contributed by atoms with Gasteiger partial charge in [-0.1, -0.05) is 32.9 Å². The lowest BCUT2D eigenvalue weighted by molar-refractivity contribution is -0.136. The van der Waals surface area contributed by atoms with Gasteiger partial charge in [-0.15, -0.1) is 0 Å². The van der Waals surface area contributed by atoms with E-state index in [1.165, 1.54) is 0 Å². The highest BCUT2D eigenvalue weighted by Crippen LogP contribution is 2.24. The van der Waals surface area contributed by atoms with Crippen molar-refractivity contribution in [2.24, 2.45) is 11.8 Å². The summed E-state index contributed by atoms with van der Waals surface area (Å²) in [5, 5.41) is 9.27. The summed E-state index contributed by atoms with van der Waals surface area (Å²) in [6.07, 6.45) is 0. The minimum Gasteiger partial charge on any atom is -0.508 e. The maximum Gasteiger partial charge on any atom is 0.225 e. The third kappa shape index (κ3) is 3.25. The third-order valence-electron chi connectivity index (χ3n) is 3.69. The molecule has 0 spiro atoms. The summed E-state index contributed by atoms with van der Waals surface area (Å²) >= 11 is 0. The van der Waals surface area contributed by atoms with Gasteiger partial charge in [0.05, 0.1) is 6.04 Å². The van der Waals surface area contributed by atoms with Crippen molar-refractivity contribution in [2.45, 2.75) is 33.7 Å². The van der Waals surface area contributed by atoms with E-state index in [2.05, 4.69) is 13.8 Å². The molecule has 0 saturated carbocycles. The predicted molar refractivity (Wildman–Crippen MR) is 73.3 cm³/mol. The summed E-state index contributed by atoms with van der Waals surface area (Å²) in [4.78, 5) is 14.0. The highest BCUT2D eigenvalue weighted by Gasteiger charge is 2.24. The van der Waals surface area contributed by atoms with Crippen molar-refractivity contribution >= 4 is 5.91 Å². The van der Waals surface area contributed by atoms with Crippen molar-refractivity contribution in [3.05, 3.63) is 29.8 Å². The van der Waals surface area contributed by atoms with Crippen LogP contribution in [0.5, 0.6) is 5.75 Å². The minimum absolute atomic E-state index is 0.0132. The van der Waals surface area contributed by atoms with Gasteiger partial charge in [-0.3, -0.25) is 4.79 Å². The first-order valence-corrected chi connectivity index (χ1v) is 6.40. The first kappa shape index (κ1) is 14.6. The topological polar surface area (TPSA) is 40.5 Å². The summed E-state index contributed by atoms with van der Waals surface area (Å²) in [6, 6.07) is 7.01. The van der Waals surface area contributed by atoms with Crippen LogP contribution in [0.25, 0.3) is 0 Å². The summed E-state index contributed by atoms with van der Waals surface area (Å²) in [6.45, 7) is 8.08. The fourth-order valence-electron chi connectivity index (χ4n) is 1.77. The van der Waals surface area contributed by atoms with E-state index < -0.39 is 0 Å². The van der Waals surface area contributed by atoms with Crippen LogP contribution >= 0.6 is 0 Å². The molecule has 18 heavy (non-hydrogen) atoms. The van der Waals surface area contributed by atoms with E-state index in [0.717, 1.165) is 5.56 Å². The number of carbonyl (C=O) groups excluding carboxylic acids is 1. The Morgan fingerprint density at radius 1 is 1.11 bits per heavy atom. The molecular weight excluding hydrogens is 226 g/mol. The number of hydrogen-bond acceptors (Lipinski definition) is 2. The maximum absolute atomic E-state index is 12.2. The normalized spacial score (nSPS) is 14.3. The molecule has 0 aliphatic rings. The monoisotopic (exact) mass is 249 g/mol. The Balaban J connectivity index is 2.80. The molecule has 0 saturated heterocycles. The number of benzene rings is 1. The number of carbonyl (C=O) groups is 1. The van der Waals surface area contributed by atoms with Crippen molar-refractivity contribution in [2.75, 3.05) is 7.05 Å². The Morgan fingerprint density at radius 3 is 2.06 bits per heavy atom. The Kier molecular flexibility index (Phi) is 4.76. The van der Waals surface area contributed by atoms with E-state index >= 15 is 0 Å². The Bertz CT molecular complexity index is 397. The summed E-state index contributed by atoms with van der Waals surface area (Å²) in [5.41, 5.74) is 1.03. The van der Waals surface area contributed by atoms with Gasteiger partial charge in [0.1, 0.15) is 5.75 Å². The Hall–Kier alpha value is -1.51. The number of nitrogens with zero attached hydrogens (tertiary/aromatic N) is 1. The van der Waals surface area contributed by atoms with Gasteiger partial charge in [-0.25, -0.2) is 0 Å². The molecule has 1 aromatic rings. The van der Waals surface area contributed by atoms with E-state index in [1.54, 1.807) is 17.0 Å². The van der Waals surface area contributed by atoms with Gasteiger partial charge in [-0.2, -0.15) is 0 Å². The van der Waals surface area contributed by atoms with Gasteiger partial charge in [0, 0.05) is 13.0 Å². The van der Waals surface area contributed by atoms with E-state index in [9.17, 15) is 9.90 Å². The molecule has 1 aromatic carbocycles. The van der Waals surface area contributed by atoms with Crippen LogP contribution in [0.3, 0.4) is 0 Å². The molecule has 2 atom stereocenters. The standard InChI is InChI=1S/C15H23NO2/c1-10(2)11(3)15(18)16(5)12(4)13-6-8-14(17)9-7-13/h6-12,17H,1-5H3. The number of phenolic OH excluding ortho intramolecular Hbond substituents is 1. The molecular formula is C15H23NO2. The largest absolute Gasteiger partial charge is 0.508 e. The molecule has 0 aliphatic heterocycles. The molecule has 1 amide bonds. The van der Waals surface area contributed by atoms with Crippen LogP contribution in [0, 0.1) is 11.8 Å². The van der Waals surface area contributed by atoms with Crippen LogP contribution in [0.1, 0.15) is 39.3 Å². The Labute approximate surface area is 109 Å². The lowest BCUT2D eigenvalue weighted by Crippen LogP contribution is -2.35. The molecule has 0 aromatic heterocycles. The summed E-state index contributed by atoms with van der Waals surface area (Å²) in [5.74, 6) is 0.766. The first-order chi connectivity index (χ1) is 8.34. The zero-order chi connectivity index (χ0) is 13.9. The van der Waals surface area contributed by atoms with Gasteiger partial charge < -0.3 is 10.0 Å². The second kappa shape index (κ2) is 5.89. The quantitative estimate of drug-likeness (QED) is 0.890. The van der Waals surface area contributed by atoms with Crippen LogP contribution in [-0.4, -0.2) is 23.0 Å². The number of rotatable bonds is 4. The second-order valence-corrected chi connectivity index (χ2v) is 5.25. The zero-order valence-corrected chi connectivity index (χ0v) is 11.8. The number of phenols is 1. The molecule has 3 heteroatoms. The number of hydrogen-bond donors (Lipinski definition) is 1.